The number of aromatic nitrogens is 2. The van der Waals surface area contributed by atoms with Gasteiger partial charge in [-0.2, -0.15) is 5.10 Å². The first kappa shape index (κ1) is 20.5. The van der Waals surface area contributed by atoms with E-state index >= 15 is 0 Å². The van der Waals surface area contributed by atoms with Crippen molar-refractivity contribution in [3.8, 4) is 5.75 Å². The number of hydrogen-bond acceptors (Lipinski definition) is 4. The van der Waals surface area contributed by atoms with Crippen LogP contribution < -0.4 is 10.1 Å². The highest BCUT2D eigenvalue weighted by Gasteiger charge is 2.17. The zero-order valence-electron chi connectivity index (χ0n) is 15.9. The van der Waals surface area contributed by atoms with Gasteiger partial charge in [-0.05, 0) is 43.7 Å². The lowest BCUT2D eigenvalue weighted by Gasteiger charge is -2.16. The molecule has 0 aliphatic carbocycles. The molecule has 0 spiro atoms. The Labute approximate surface area is 172 Å². The zero-order valence-corrected chi connectivity index (χ0v) is 16.6. The van der Waals surface area contributed by atoms with Crippen molar-refractivity contribution in [1.82, 2.24) is 9.78 Å². The van der Waals surface area contributed by atoms with Gasteiger partial charge in [-0.15, -0.1) is 0 Å². The summed E-state index contributed by atoms with van der Waals surface area (Å²) >= 11 is 5.70. The zero-order chi connectivity index (χ0) is 21.0. The van der Waals surface area contributed by atoms with Crippen LogP contribution in [0.5, 0.6) is 5.75 Å². The number of hydrogen-bond donors (Lipinski definition) is 1. The lowest BCUT2D eigenvalue weighted by Crippen LogP contribution is -2.31. The first-order valence-electron chi connectivity index (χ1n) is 8.88. The number of benzene rings is 2. The Bertz CT molecular complexity index is 1050. The first-order chi connectivity index (χ1) is 13.8. The lowest BCUT2D eigenvalue weighted by atomic mass is 10.1. The SMILES string of the molecule is CC(=O)c1cccc(OC(C)C(=O)Nc2ccnn2Cc2ccc(Cl)c(F)c2)c1. The molecule has 1 amide bonds. The molecule has 1 aromatic heterocycles. The van der Waals surface area contributed by atoms with Crippen molar-refractivity contribution in [3.63, 3.8) is 0 Å². The van der Waals surface area contributed by atoms with Crippen LogP contribution in [0, 0.1) is 5.82 Å². The Kier molecular flexibility index (Phi) is 6.29. The molecule has 2 aromatic carbocycles. The third kappa shape index (κ3) is 5.20. The Balaban J connectivity index is 1.66. The third-order valence-corrected chi connectivity index (χ3v) is 4.51. The van der Waals surface area contributed by atoms with E-state index < -0.39 is 11.9 Å². The second-order valence-electron chi connectivity index (χ2n) is 6.46. The van der Waals surface area contributed by atoms with Crippen molar-refractivity contribution in [2.75, 3.05) is 5.32 Å². The van der Waals surface area contributed by atoms with Crippen LogP contribution in [0.3, 0.4) is 0 Å². The van der Waals surface area contributed by atoms with Crippen molar-refractivity contribution in [2.45, 2.75) is 26.5 Å². The van der Waals surface area contributed by atoms with Gasteiger partial charge in [0.25, 0.3) is 5.91 Å². The molecule has 0 radical (unpaired) electrons. The summed E-state index contributed by atoms with van der Waals surface area (Å²) < 4.78 is 20.8. The topological polar surface area (TPSA) is 73.2 Å². The van der Waals surface area contributed by atoms with Gasteiger partial charge in [0.05, 0.1) is 17.8 Å². The largest absolute Gasteiger partial charge is 0.481 e. The van der Waals surface area contributed by atoms with Crippen LogP contribution in [0.4, 0.5) is 10.2 Å². The average molecular weight is 416 g/mol. The molecule has 1 unspecified atom stereocenters. The van der Waals surface area contributed by atoms with Crippen LogP contribution in [0.15, 0.2) is 54.7 Å². The van der Waals surface area contributed by atoms with Crippen LogP contribution in [-0.2, 0) is 11.3 Å². The van der Waals surface area contributed by atoms with Crippen LogP contribution in [0.25, 0.3) is 0 Å². The van der Waals surface area contributed by atoms with Crippen LogP contribution >= 0.6 is 11.6 Å². The molecule has 0 saturated carbocycles. The Morgan fingerprint density at radius 2 is 2.03 bits per heavy atom. The average Bonchev–Trinajstić information content (AvgIpc) is 3.11. The van der Waals surface area contributed by atoms with E-state index in [0.29, 0.717) is 22.7 Å². The molecule has 0 aliphatic heterocycles. The van der Waals surface area contributed by atoms with Gasteiger partial charge in [0, 0.05) is 11.6 Å². The van der Waals surface area contributed by atoms with E-state index in [0.717, 1.165) is 0 Å². The Morgan fingerprint density at radius 3 is 2.76 bits per heavy atom. The van der Waals surface area contributed by atoms with Gasteiger partial charge in [-0.1, -0.05) is 29.8 Å². The molecular weight excluding hydrogens is 397 g/mol. The van der Waals surface area contributed by atoms with Crippen LogP contribution in [-0.4, -0.2) is 27.6 Å². The summed E-state index contributed by atoms with van der Waals surface area (Å²) in [6.45, 7) is 3.32. The van der Waals surface area contributed by atoms with E-state index in [2.05, 4.69) is 10.4 Å². The van der Waals surface area contributed by atoms with Crippen molar-refractivity contribution in [3.05, 3.63) is 76.7 Å². The smallest absolute Gasteiger partial charge is 0.266 e. The molecule has 29 heavy (non-hydrogen) atoms. The van der Waals surface area contributed by atoms with Gasteiger partial charge in [-0.3, -0.25) is 9.59 Å². The van der Waals surface area contributed by atoms with E-state index in [1.165, 1.54) is 29.9 Å². The Morgan fingerprint density at radius 1 is 1.24 bits per heavy atom. The minimum Gasteiger partial charge on any atom is -0.481 e. The van der Waals surface area contributed by atoms with Gasteiger partial charge in [0.1, 0.15) is 17.4 Å². The first-order valence-corrected chi connectivity index (χ1v) is 9.25. The van der Waals surface area contributed by atoms with Crippen molar-refractivity contribution < 1.29 is 18.7 Å². The van der Waals surface area contributed by atoms with E-state index in [9.17, 15) is 14.0 Å². The van der Waals surface area contributed by atoms with Crippen LogP contribution in [0.2, 0.25) is 5.02 Å². The summed E-state index contributed by atoms with van der Waals surface area (Å²) in [5.41, 5.74) is 1.15. The molecule has 0 saturated heterocycles. The fourth-order valence-electron chi connectivity index (χ4n) is 2.65. The molecule has 6 nitrogen and oxygen atoms in total. The molecule has 1 heterocycles. The van der Waals surface area contributed by atoms with E-state index in [1.54, 1.807) is 43.3 Å². The van der Waals surface area contributed by atoms with Crippen LogP contribution in [0.1, 0.15) is 29.8 Å². The van der Waals surface area contributed by atoms with Crippen molar-refractivity contribution >= 4 is 29.1 Å². The Hall–Kier alpha value is -3.19. The maximum Gasteiger partial charge on any atom is 0.266 e. The van der Waals surface area contributed by atoms with Crippen molar-refractivity contribution in [1.29, 1.82) is 0 Å². The second-order valence-corrected chi connectivity index (χ2v) is 6.86. The second kappa shape index (κ2) is 8.87. The summed E-state index contributed by atoms with van der Waals surface area (Å²) in [5.74, 6) is -0.127. The highest BCUT2D eigenvalue weighted by Crippen LogP contribution is 2.19. The molecule has 0 aliphatic rings. The summed E-state index contributed by atoms with van der Waals surface area (Å²) in [6, 6.07) is 12.7. The molecule has 0 fully saturated rings. The molecule has 150 valence electrons. The number of ketones is 1. The summed E-state index contributed by atoms with van der Waals surface area (Å²) in [6.07, 6.45) is 0.720. The van der Waals surface area contributed by atoms with Gasteiger partial charge < -0.3 is 10.1 Å². The number of halogens is 2. The van der Waals surface area contributed by atoms with Gasteiger partial charge in [-0.25, -0.2) is 9.07 Å². The molecule has 8 heteroatoms. The highest BCUT2D eigenvalue weighted by atomic mass is 35.5. The fraction of sp³-hybridized carbons (Fsp3) is 0.190. The summed E-state index contributed by atoms with van der Waals surface area (Å²) in [7, 11) is 0. The number of rotatable bonds is 7. The van der Waals surface area contributed by atoms with Crippen molar-refractivity contribution in [2.24, 2.45) is 0 Å². The monoisotopic (exact) mass is 415 g/mol. The highest BCUT2D eigenvalue weighted by molar-refractivity contribution is 6.30. The maximum absolute atomic E-state index is 13.6. The molecule has 0 bridgehead atoms. The van der Waals surface area contributed by atoms with Gasteiger partial charge in [0.2, 0.25) is 0 Å². The molecular formula is C21H19ClFN3O3. The minimum absolute atomic E-state index is 0.0440. The summed E-state index contributed by atoms with van der Waals surface area (Å²) in [4.78, 5) is 24.0. The lowest BCUT2D eigenvalue weighted by molar-refractivity contribution is -0.122. The number of nitrogens with zero attached hydrogens (tertiary/aromatic N) is 2. The normalized spacial score (nSPS) is 11.7. The van der Waals surface area contributed by atoms with E-state index in [-0.39, 0.29) is 23.3 Å². The third-order valence-electron chi connectivity index (χ3n) is 4.21. The standard InChI is InChI=1S/C21H19ClFN3O3/c1-13(27)16-4-3-5-17(11-16)29-14(2)21(28)25-20-8-9-24-26(20)12-15-6-7-18(22)19(23)10-15/h3-11,14H,12H2,1-2H3,(H,25,28). The number of amides is 1. The number of carbonyl (C=O) groups excluding carboxylic acids is 2. The van der Waals surface area contributed by atoms with Gasteiger partial charge >= 0.3 is 0 Å². The number of carbonyl (C=O) groups is 2. The van der Waals surface area contributed by atoms with E-state index in [1.807, 2.05) is 0 Å². The number of ether oxygens (including phenoxy) is 1. The van der Waals surface area contributed by atoms with Gasteiger partial charge in [0.15, 0.2) is 11.9 Å². The predicted octanol–water partition coefficient (Wildman–Crippen LogP) is 4.33. The molecule has 1 atom stereocenters. The number of anilines is 1. The quantitative estimate of drug-likeness (QED) is 0.583. The van der Waals surface area contributed by atoms with E-state index in [4.69, 9.17) is 16.3 Å². The number of Topliss-reactive ketones (excluding diaryl/α,β-unsaturated/α-hetero) is 1. The molecule has 3 aromatic rings. The molecule has 3 rings (SSSR count). The maximum atomic E-state index is 13.6. The predicted molar refractivity (Wildman–Crippen MR) is 108 cm³/mol. The minimum atomic E-state index is -0.812. The number of nitrogens with one attached hydrogen (secondary N) is 1. The summed E-state index contributed by atoms with van der Waals surface area (Å²) in [5, 5.41) is 6.95. The molecule has 1 N–H and O–H groups in total. The fourth-order valence-corrected chi connectivity index (χ4v) is 2.77.